The highest BCUT2D eigenvalue weighted by Crippen LogP contribution is 2.17. The molecule has 0 aliphatic carbocycles. The first kappa shape index (κ1) is 11.4. The highest BCUT2D eigenvalue weighted by molar-refractivity contribution is 5.20. The third kappa shape index (κ3) is 2.71. The molecular weight excluding hydrogens is 212 g/mol. The van der Waals surface area contributed by atoms with Crippen LogP contribution in [0.25, 0.3) is 0 Å². The first-order valence-corrected chi connectivity index (χ1v) is 5.50. The van der Waals surface area contributed by atoms with Gasteiger partial charge in [0.05, 0.1) is 24.3 Å². The molecule has 4 heteroatoms. The third-order valence-electron chi connectivity index (χ3n) is 2.68. The van der Waals surface area contributed by atoms with Crippen molar-refractivity contribution in [3.05, 3.63) is 54.1 Å². The van der Waals surface area contributed by atoms with Crippen molar-refractivity contribution in [3.8, 4) is 6.07 Å². The second kappa shape index (κ2) is 5.28. The van der Waals surface area contributed by atoms with Gasteiger partial charge in [0.1, 0.15) is 6.04 Å². The number of hydrogen-bond acceptors (Lipinski definition) is 3. The van der Waals surface area contributed by atoms with E-state index in [2.05, 4.69) is 21.4 Å². The molecule has 4 nitrogen and oxygen atoms in total. The molecule has 0 bridgehead atoms. The van der Waals surface area contributed by atoms with E-state index in [1.165, 1.54) is 0 Å². The fourth-order valence-electron chi connectivity index (χ4n) is 1.71. The lowest BCUT2D eigenvalue weighted by Gasteiger charge is -2.17. The quantitative estimate of drug-likeness (QED) is 0.840. The lowest BCUT2D eigenvalue weighted by molar-refractivity contribution is 0.527. The Labute approximate surface area is 100 Å². The van der Waals surface area contributed by atoms with Gasteiger partial charge < -0.3 is 4.98 Å². The second-order valence-corrected chi connectivity index (χ2v) is 3.87. The topological polar surface area (TPSA) is 64.5 Å². The summed E-state index contributed by atoms with van der Waals surface area (Å²) in [5, 5.41) is 12.4. The number of aromatic nitrogens is 2. The minimum atomic E-state index is -0.368. The highest BCUT2D eigenvalue weighted by atomic mass is 15.0. The van der Waals surface area contributed by atoms with Crippen LogP contribution in [-0.4, -0.2) is 9.97 Å². The first-order valence-electron chi connectivity index (χ1n) is 5.50. The van der Waals surface area contributed by atoms with Gasteiger partial charge in [-0.15, -0.1) is 0 Å². The molecule has 0 spiro atoms. The van der Waals surface area contributed by atoms with Crippen LogP contribution in [0.15, 0.2) is 42.9 Å². The van der Waals surface area contributed by atoms with Gasteiger partial charge >= 0.3 is 0 Å². The molecule has 1 heterocycles. The van der Waals surface area contributed by atoms with Crippen molar-refractivity contribution in [3.63, 3.8) is 0 Å². The molecule has 1 aromatic carbocycles. The largest absolute Gasteiger partial charge is 0.346 e. The molecule has 0 saturated carbocycles. The van der Waals surface area contributed by atoms with E-state index in [9.17, 15) is 0 Å². The van der Waals surface area contributed by atoms with Crippen LogP contribution < -0.4 is 5.32 Å². The van der Waals surface area contributed by atoms with Crippen LogP contribution in [-0.2, 0) is 0 Å². The van der Waals surface area contributed by atoms with Crippen molar-refractivity contribution in [2.45, 2.75) is 19.0 Å². The number of rotatable bonds is 4. The Morgan fingerprint density at radius 3 is 2.71 bits per heavy atom. The molecule has 86 valence electrons. The normalized spacial score (nSPS) is 13.9. The van der Waals surface area contributed by atoms with Crippen molar-refractivity contribution in [1.29, 1.82) is 5.26 Å². The van der Waals surface area contributed by atoms with Crippen molar-refractivity contribution >= 4 is 0 Å². The molecule has 0 amide bonds. The van der Waals surface area contributed by atoms with Crippen LogP contribution in [0.2, 0.25) is 0 Å². The lowest BCUT2D eigenvalue weighted by Crippen LogP contribution is -2.23. The zero-order valence-electron chi connectivity index (χ0n) is 9.59. The number of nitriles is 1. The third-order valence-corrected chi connectivity index (χ3v) is 2.68. The van der Waals surface area contributed by atoms with Gasteiger partial charge in [-0.25, -0.2) is 4.98 Å². The molecular formula is C13H14N4. The molecule has 1 aromatic heterocycles. The molecule has 2 unspecified atom stereocenters. The van der Waals surface area contributed by atoms with Gasteiger partial charge in [-0.05, 0) is 12.5 Å². The number of H-pyrrole nitrogens is 1. The van der Waals surface area contributed by atoms with Crippen LogP contribution in [0.4, 0.5) is 0 Å². The Morgan fingerprint density at radius 2 is 2.12 bits per heavy atom. The predicted molar refractivity (Wildman–Crippen MR) is 64.9 cm³/mol. The smallest absolute Gasteiger partial charge is 0.138 e. The summed E-state index contributed by atoms with van der Waals surface area (Å²) in [5.74, 6) is 0. The van der Waals surface area contributed by atoms with E-state index in [-0.39, 0.29) is 12.1 Å². The maximum absolute atomic E-state index is 9.13. The number of benzene rings is 1. The lowest BCUT2D eigenvalue weighted by atomic mass is 10.1. The molecule has 2 aromatic rings. The van der Waals surface area contributed by atoms with Crippen LogP contribution in [0.3, 0.4) is 0 Å². The molecule has 0 fully saturated rings. The summed E-state index contributed by atoms with van der Waals surface area (Å²) in [6.07, 6.45) is 3.24. The zero-order chi connectivity index (χ0) is 12.1. The first-order chi connectivity index (χ1) is 8.31. The van der Waals surface area contributed by atoms with E-state index in [1.807, 2.05) is 37.3 Å². The summed E-state index contributed by atoms with van der Waals surface area (Å²) < 4.78 is 0. The average Bonchev–Trinajstić information content (AvgIpc) is 2.90. The van der Waals surface area contributed by atoms with Gasteiger partial charge in [0.2, 0.25) is 0 Å². The van der Waals surface area contributed by atoms with E-state index in [1.54, 1.807) is 12.5 Å². The number of hydrogen-bond donors (Lipinski definition) is 2. The standard InChI is InChI=1S/C13H14N4/c1-10(11-5-3-2-4-6-11)17-12(7-14)13-8-15-9-16-13/h2-6,8-10,12,17H,1H3,(H,15,16). The van der Waals surface area contributed by atoms with E-state index in [0.29, 0.717) is 0 Å². The monoisotopic (exact) mass is 226 g/mol. The summed E-state index contributed by atoms with van der Waals surface area (Å²) in [6, 6.07) is 12.0. The fraction of sp³-hybridized carbons (Fsp3) is 0.231. The number of nitrogens with one attached hydrogen (secondary N) is 2. The highest BCUT2D eigenvalue weighted by Gasteiger charge is 2.15. The number of aromatic amines is 1. The molecule has 0 aliphatic rings. The van der Waals surface area contributed by atoms with Crippen molar-refractivity contribution < 1.29 is 0 Å². The fourth-order valence-corrected chi connectivity index (χ4v) is 1.71. The van der Waals surface area contributed by atoms with Crippen LogP contribution >= 0.6 is 0 Å². The van der Waals surface area contributed by atoms with Gasteiger partial charge in [0.15, 0.2) is 0 Å². The molecule has 0 radical (unpaired) electrons. The van der Waals surface area contributed by atoms with Crippen LogP contribution in [0.1, 0.15) is 30.3 Å². The maximum Gasteiger partial charge on any atom is 0.138 e. The van der Waals surface area contributed by atoms with E-state index in [4.69, 9.17) is 5.26 Å². The van der Waals surface area contributed by atoms with Gasteiger partial charge in [0.25, 0.3) is 0 Å². The molecule has 0 aliphatic heterocycles. The molecule has 2 atom stereocenters. The average molecular weight is 226 g/mol. The van der Waals surface area contributed by atoms with E-state index >= 15 is 0 Å². The van der Waals surface area contributed by atoms with Crippen molar-refractivity contribution in [2.24, 2.45) is 0 Å². The van der Waals surface area contributed by atoms with Gasteiger partial charge in [0, 0.05) is 6.04 Å². The molecule has 2 N–H and O–H groups in total. The Hall–Kier alpha value is -2.12. The number of imidazole rings is 1. The van der Waals surface area contributed by atoms with Gasteiger partial charge in [-0.1, -0.05) is 30.3 Å². The predicted octanol–water partition coefficient (Wildman–Crippen LogP) is 2.33. The minimum absolute atomic E-state index is 0.115. The summed E-state index contributed by atoms with van der Waals surface area (Å²) in [5.41, 5.74) is 1.95. The minimum Gasteiger partial charge on any atom is -0.346 e. The van der Waals surface area contributed by atoms with Gasteiger partial charge in [-0.2, -0.15) is 5.26 Å². The molecule has 2 rings (SSSR count). The zero-order valence-corrected chi connectivity index (χ0v) is 9.59. The summed E-state index contributed by atoms with van der Waals surface area (Å²) in [6.45, 7) is 2.04. The maximum atomic E-state index is 9.13. The Kier molecular flexibility index (Phi) is 3.53. The van der Waals surface area contributed by atoms with Gasteiger partial charge in [-0.3, -0.25) is 5.32 Å². The Morgan fingerprint density at radius 1 is 1.35 bits per heavy atom. The number of nitrogens with zero attached hydrogens (tertiary/aromatic N) is 2. The SMILES string of the molecule is CC(NC(C#N)c1cnc[nH]1)c1ccccc1. The Balaban J connectivity index is 2.08. The molecule has 0 saturated heterocycles. The van der Waals surface area contributed by atoms with E-state index in [0.717, 1.165) is 11.3 Å². The summed E-state index contributed by atoms with van der Waals surface area (Å²) in [4.78, 5) is 6.87. The molecule has 17 heavy (non-hydrogen) atoms. The second-order valence-electron chi connectivity index (χ2n) is 3.87. The van der Waals surface area contributed by atoms with Crippen molar-refractivity contribution in [1.82, 2.24) is 15.3 Å². The Bertz CT molecular complexity index is 484. The summed E-state index contributed by atoms with van der Waals surface area (Å²) >= 11 is 0. The van der Waals surface area contributed by atoms with E-state index < -0.39 is 0 Å². The van der Waals surface area contributed by atoms with Crippen LogP contribution in [0.5, 0.6) is 0 Å². The summed E-state index contributed by atoms with van der Waals surface area (Å²) in [7, 11) is 0. The van der Waals surface area contributed by atoms with Crippen LogP contribution in [0, 0.1) is 11.3 Å². The van der Waals surface area contributed by atoms with Crippen molar-refractivity contribution in [2.75, 3.05) is 0 Å².